The van der Waals surface area contributed by atoms with Gasteiger partial charge in [-0.2, -0.15) is 0 Å². The number of hydrogen-bond acceptors (Lipinski definition) is 3. The van der Waals surface area contributed by atoms with E-state index >= 15 is 0 Å². The normalized spacial score (nSPS) is 20.3. The van der Waals surface area contributed by atoms with Crippen molar-refractivity contribution in [1.82, 2.24) is 19.8 Å². The third kappa shape index (κ3) is 4.96. The van der Waals surface area contributed by atoms with E-state index < -0.39 is 0 Å². The van der Waals surface area contributed by atoms with Gasteiger partial charge in [0.05, 0.1) is 17.8 Å². The number of hydrogen-bond donors (Lipinski definition) is 2. The molecule has 5 rings (SSSR count). The topological polar surface area (TPSA) is 62.2 Å². The van der Waals surface area contributed by atoms with Crippen LogP contribution < -0.4 is 10.6 Å². The lowest BCUT2D eigenvalue weighted by Gasteiger charge is -2.30. The Labute approximate surface area is 212 Å². The number of rotatable bonds is 8. The first kappa shape index (κ1) is 23.5. The van der Waals surface area contributed by atoms with Crippen LogP contribution in [0.3, 0.4) is 0 Å². The number of pyridine rings is 1. The first-order chi connectivity index (χ1) is 17.2. The predicted octanol–water partition coefficient (Wildman–Crippen LogP) is 5.56. The maximum absolute atomic E-state index is 12.9. The van der Waals surface area contributed by atoms with Crippen LogP contribution in [0.4, 0.5) is 5.69 Å². The van der Waals surface area contributed by atoms with Crippen molar-refractivity contribution >= 4 is 28.9 Å². The highest BCUT2D eigenvalue weighted by atomic mass is 32.1. The average molecular weight is 488 g/mol. The van der Waals surface area contributed by atoms with Crippen LogP contribution >= 0.6 is 12.2 Å². The minimum absolute atomic E-state index is 0.0000818. The lowest BCUT2D eigenvalue weighted by Crippen LogP contribution is -2.33. The van der Waals surface area contributed by atoms with Gasteiger partial charge in [-0.1, -0.05) is 44.0 Å². The molecular weight excluding hydrogens is 454 g/mol. The van der Waals surface area contributed by atoms with Crippen LogP contribution in [0.15, 0.2) is 67.0 Å². The molecule has 0 radical (unpaired) electrons. The molecular formula is C28H33N5OS. The van der Waals surface area contributed by atoms with Gasteiger partial charge in [-0.05, 0) is 67.4 Å². The number of aromatic nitrogens is 2. The van der Waals surface area contributed by atoms with E-state index in [4.69, 9.17) is 12.2 Å². The standard InChI is InChI=1S/C28H33N5OS/c1-2-20-10-3-6-13-22(20)30-25(34)16-19-33-27(24-15-9-18-32(24)21-11-4-5-12-21)26(31-28(33)35)23-14-7-8-17-29-23/h3,6-10,13-15,17-18,21,26-27H,2,4-5,11-12,16,19H2,1H3,(H,30,34)(H,31,35)/t26-,27-/m1/s1. The largest absolute Gasteiger partial charge is 0.352 e. The van der Waals surface area contributed by atoms with Crippen LogP contribution in [-0.4, -0.2) is 32.0 Å². The minimum atomic E-state index is -0.0670. The molecule has 7 heteroatoms. The summed E-state index contributed by atoms with van der Waals surface area (Å²) in [6.45, 7) is 2.64. The Balaban J connectivity index is 1.39. The van der Waals surface area contributed by atoms with E-state index in [1.54, 1.807) is 0 Å². The smallest absolute Gasteiger partial charge is 0.226 e. The van der Waals surface area contributed by atoms with Gasteiger partial charge in [0, 0.05) is 42.8 Å². The maximum Gasteiger partial charge on any atom is 0.226 e. The molecule has 35 heavy (non-hydrogen) atoms. The molecule has 182 valence electrons. The minimum Gasteiger partial charge on any atom is -0.352 e. The van der Waals surface area contributed by atoms with Gasteiger partial charge >= 0.3 is 0 Å². The van der Waals surface area contributed by atoms with Crippen LogP contribution in [0.1, 0.15) is 74.1 Å². The van der Waals surface area contributed by atoms with Crippen LogP contribution in [-0.2, 0) is 11.2 Å². The van der Waals surface area contributed by atoms with Crippen molar-refractivity contribution in [3.05, 3.63) is 83.9 Å². The fourth-order valence-corrected chi connectivity index (χ4v) is 5.86. The van der Waals surface area contributed by atoms with Crippen molar-refractivity contribution in [2.45, 2.75) is 63.6 Å². The molecule has 2 fully saturated rings. The Morgan fingerprint density at radius 2 is 1.91 bits per heavy atom. The van der Waals surface area contributed by atoms with Crippen molar-refractivity contribution in [3.8, 4) is 0 Å². The van der Waals surface area contributed by atoms with Crippen LogP contribution in [0.5, 0.6) is 0 Å². The molecule has 1 saturated carbocycles. The van der Waals surface area contributed by atoms with E-state index in [9.17, 15) is 4.79 Å². The molecule has 0 spiro atoms. The third-order valence-corrected chi connectivity index (χ3v) is 7.64. The van der Waals surface area contributed by atoms with Gasteiger partial charge in [0.15, 0.2) is 5.11 Å². The number of thiocarbonyl (C=S) groups is 1. The zero-order chi connectivity index (χ0) is 24.2. The molecule has 6 nitrogen and oxygen atoms in total. The number of anilines is 1. The molecule has 1 aliphatic carbocycles. The maximum atomic E-state index is 12.9. The molecule has 1 saturated heterocycles. The molecule has 3 heterocycles. The number of para-hydroxylation sites is 1. The highest BCUT2D eigenvalue weighted by molar-refractivity contribution is 7.80. The summed E-state index contributed by atoms with van der Waals surface area (Å²) in [6.07, 6.45) is 10.2. The van der Waals surface area contributed by atoms with Gasteiger partial charge in [0.1, 0.15) is 0 Å². The quantitative estimate of drug-likeness (QED) is 0.407. The van der Waals surface area contributed by atoms with E-state index in [1.807, 2.05) is 42.6 Å². The van der Waals surface area contributed by atoms with E-state index in [2.05, 4.69) is 56.4 Å². The number of carbonyl (C=O) groups is 1. The fraction of sp³-hybridized carbons (Fsp3) is 0.393. The molecule has 2 aliphatic rings. The van der Waals surface area contributed by atoms with E-state index in [0.717, 1.165) is 23.4 Å². The molecule has 3 aromatic rings. The van der Waals surface area contributed by atoms with Gasteiger partial charge in [-0.25, -0.2) is 0 Å². The summed E-state index contributed by atoms with van der Waals surface area (Å²) in [4.78, 5) is 19.8. The van der Waals surface area contributed by atoms with E-state index in [1.165, 1.54) is 31.4 Å². The Bertz CT molecular complexity index is 1170. The van der Waals surface area contributed by atoms with Crippen molar-refractivity contribution in [2.24, 2.45) is 0 Å². The summed E-state index contributed by atoms with van der Waals surface area (Å²) in [5.41, 5.74) is 4.22. The van der Waals surface area contributed by atoms with Crippen molar-refractivity contribution in [1.29, 1.82) is 0 Å². The van der Waals surface area contributed by atoms with Crippen LogP contribution in [0.2, 0.25) is 0 Å². The van der Waals surface area contributed by atoms with E-state index in [-0.39, 0.29) is 18.0 Å². The number of nitrogens with zero attached hydrogens (tertiary/aromatic N) is 3. The summed E-state index contributed by atoms with van der Waals surface area (Å²) in [5.74, 6) is -0.0000818. The van der Waals surface area contributed by atoms with Crippen molar-refractivity contribution in [3.63, 3.8) is 0 Å². The van der Waals surface area contributed by atoms with Gasteiger partial charge in [0.25, 0.3) is 0 Å². The summed E-state index contributed by atoms with van der Waals surface area (Å²) < 4.78 is 2.44. The molecule has 2 aromatic heterocycles. The average Bonchev–Trinajstić information content (AvgIpc) is 3.63. The zero-order valence-corrected chi connectivity index (χ0v) is 21.0. The molecule has 0 bridgehead atoms. The van der Waals surface area contributed by atoms with Gasteiger partial charge in [-0.3, -0.25) is 9.78 Å². The second-order valence-corrected chi connectivity index (χ2v) is 9.79. The van der Waals surface area contributed by atoms with Crippen molar-refractivity contribution < 1.29 is 4.79 Å². The number of amides is 1. The van der Waals surface area contributed by atoms with Gasteiger partial charge in [0.2, 0.25) is 5.91 Å². The summed E-state index contributed by atoms with van der Waals surface area (Å²) in [6, 6.07) is 18.8. The Morgan fingerprint density at radius 1 is 1.11 bits per heavy atom. The predicted molar refractivity (Wildman–Crippen MR) is 143 cm³/mol. The number of nitrogens with one attached hydrogen (secondary N) is 2. The highest BCUT2D eigenvalue weighted by Gasteiger charge is 2.41. The number of benzene rings is 1. The monoisotopic (exact) mass is 487 g/mol. The van der Waals surface area contributed by atoms with Gasteiger partial charge in [-0.15, -0.1) is 0 Å². The summed E-state index contributed by atoms with van der Waals surface area (Å²) in [7, 11) is 0. The summed E-state index contributed by atoms with van der Waals surface area (Å²) >= 11 is 5.81. The molecule has 1 aromatic carbocycles. The Morgan fingerprint density at radius 3 is 2.69 bits per heavy atom. The highest BCUT2D eigenvalue weighted by Crippen LogP contribution is 2.41. The third-order valence-electron chi connectivity index (χ3n) is 7.28. The lowest BCUT2D eigenvalue weighted by atomic mass is 10.0. The lowest BCUT2D eigenvalue weighted by molar-refractivity contribution is -0.116. The zero-order valence-electron chi connectivity index (χ0n) is 20.2. The second-order valence-electron chi connectivity index (χ2n) is 9.41. The molecule has 1 aliphatic heterocycles. The first-order valence-electron chi connectivity index (χ1n) is 12.7. The van der Waals surface area contributed by atoms with Gasteiger partial charge < -0.3 is 20.1 Å². The SMILES string of the molecule is CCc1ccccc1NC(=O)CCN1C(=S)N[C@H](c2ccccn2)[C@H]1c1cccn1C1CCCC1. The molecule has 2 atom stereocenters. The van der Waals surface area contributed by atoms with Crippen LogP contribution in [0.25, 0.3) is 0 Å². The number of carbonyl (C=O) groups excluding carboxylic acids is 1. The number of aryl methyl sites for hydroxylation is 1. The Kier molecular flexibility index (Phi) is 7.13. The van der Waals surface area contributed by atoms with Crippen LogP contribution in [0, 0.1) is 0 Å². The molecule has 1 amide bonds. The fourth-order valence-electron chi connectivity index (χ4n) is 5.53. The Hall–Kier alpha value is -3.19. The molecule has 0 unspecified atom stereocenters. The van der Waals surface area contributed by atoms with Crippen molar-refractivity contribution in [2.75, 3.05) is 11.9 Å². The molecule has 2 N–H and O–H groups in total. The summed E-state index contributed by atoms with van der Waals surface area (Å²) in [5, 5.41) is 7.29. The van der Waals surface area contributed by atoms with E-state index in [0.29, 0.717) is 24.1 Å². The second kappa shape index (κ2) is 10.6. The first-order valence-corrected chi connectivity index (χ1v) is 13.1.